The van der Waals surface area contributed by atoms with Gasteiger partial charge in [-0.1, -0.05) is 0 Å². The predicted molar refractivity (Wildman–Crippen MR) is 98.4 cm³/mol. The van der Waals surface area contributed by atoms with Gasteiger partial charge in [0, 0.05) is 17.9 Å². The van der Waals surface area contributed by atoms with Gasteiger partial charge in [-0.3, -0.25) is 0 Å². The fourth-order valence-corrected chi connectivity index (χ4v) is 4.32. The summed E-state index contributed by atoms with van der Waals surface area (Å²) in [7, 11) is -2.95. The number of esters is 1. The quantitative estimate of drug-likeness (QED) is 0.737. The van der Waals surface area contributed by atoms with Crippen LogP contribution in [0.15, 0.2) is 36.5 Å². The summed E-state index contributed by atoms with van der Waals surface area (Å²) in [5, 5.41) is 6.18. The van der Waals surface area contributed by atoms with Gasteiger partial charge in [-0.15, -0.1) is 0 Å². The second kappa shape index (κ2) is 7.69. The van der Waals surface area contributed by atoms with Gasteiger partial charge in [0.1, 0.15) is 5.82 Å². The molecule has 1 aromatic carbocycles. The van der Waals surface area contributed by atoms with Gasteiger partial charge < -0.3 is 15.4 Å². The zero-order valence-corrected chi connectivity index (χ0v) is 15.1. The van der Waals surface area contributed by atoms with E-state index in [2.05, 4.69) is 20.6 Å². The van der Waals surface area contributed by atoms with Crippen LogP contribution in [0.2, 0.25) is 0 Å². The molecule has 1 atom stereocenters. The molecule has 8 nitrogen and oxygen atoms in total. The van der Waals surface area contributed by atoms with Crippen molar-refractivity contribution in [1.29, 1.82) is 0 Å². The first-order valence-electron chi connectivity index (χ1n) is 8.29. The first-order chi connectivity index (χ1) is 12.4. The zero-order valence-electron chi connectivity index (χ0n) is 14.3. The Kier molecular flexibility index (Phi) is 5.36. The first kappa shape index (κ1) is 18.1. The van der Waals surface area contributed by atoms with Gasteiger partial charge >= 0.3 is 5.97 Å². The number of hydrogen-bond donors (Lipinski definition) is 2. The Morgan fingerprint density at radius 2 is 2.04 bits per heavy atom. The third kappa shape index (κ3) is 4.69. The van der Waals surface area contributed by atoms with E-state index in [1.807, 2.05) is 0 Å². The van der Waals surface area contributed by atoms with E-state index in [9.17, 15) is 13.2 Å². The lowest BCUT2D eigenvalue weighted by Crippen LogP contribution is -2.21. The van der Waals surface area contributed by atoms with Crippen LogP contribution >= 0.6 is 0 Å². The molecular formula is C17H20N4O4S. The van der Waals surface area contributed by atoms with Gasteiger partial charge in [0.15, 0.2) is 9.84 Å². The molecule has 138 valence electrons. The number of hydrogen-bond acceptors (Lipinski definition) is 8. The minimum atomic E-state index is -2.95. The second-order valence-corrected chi connectivity index (χ2v) is 8.16. The van der Waals surface area contributed by atoms with Crippen molar-refractivity contribution in [3.8, 4) is 0 Å². The van der Waals surface area contributed by atoms with Crippen LogP contribution in [-0.4, -0.2) is 48.5 Å². The average Bonchev–Trinajstić information content (AvgIpc) is 2.94. The van der Waals surface area contributed by atoms with E-state index in [0.29, 0.717) is 30.4 Å². The van der Waals surface area contributed by atoms with Gasteiger partial charge in [-0.2, -0.15) is 4.98 Å². The van der Waals surface area contributed by atoms with E-state index in [1.54, 1.807) is 43.5 Å². The Bertz CT molecular complexity index is 884. The maximum atomic E-state index is 11.7. The lowest BCUT2D eigenvalue weighted by molar-refractivity contribution is 0.0526. The maximum absolute atomic E-state index is 11.7. The summed E-state index contributed by atoms with van der Waals surface area (Å²) >= 11 is 0. The fourth-order valence-electron chi connectivity index (χ4n) is 2.65. The van der Waals surface area contributed by atoms with Gasteiger partial charge in [-0.25, -0.2) is 18.2 Å². The molecule has 9 heteroatoms. The minimum absolute atomic E-state index is 0.120. The van der Waals surface area contributed by atoms with Crippen LogP contribution in [0.1, 0.15) is 23.7 Å². The van der Waals surface area contributed by atoms with Crippen LogP contribution in [-0.2, 0) is 14.6 Å². The highest BCUT2D eigenvalue weighted by Crippen LogP contribution is 2.19. The van der Waals surface area contributed by atoms with Crippen molar-refractivity contribution in [1.82, 2.24) is 9.97 Å². The number of benzene rings is 1. The highest BCUT2D eigenvalue weighted by Gasteiger charge is 2.27. The zero-order chi connectivity index (χ0) is 18.6. The van der Waals surface area contributed by atoms with E-state index in [4.69, 9.17) is 4.74 Å². The standard InChI is InChI=1S/C17H20N4O4S/c1-2-25-16(22)12-3-5-13(6-4-12)20-17-18-9-7-15(21-17)19-14-8-10-26(23,24)11-14/h3-7,9,14H,2,8,10-11H2,1H3,(H2,18,19,20,21). The first-order valence-corrected chi connectivity index (χ1v) is 10.1. The van der Waals surface area contributed by atoms with E-state index in [0.717, 1.165) is 5.69 Å². The maximum Gasteiger partial charge on any atom is 0.338 e. The number of carbonyl (C=O) groups excluding carboxylic acids is 1. The van der Waals surface area contributed by atoms with Crippen molar-refractivity contribution in [3.05, 3.63) is 42.1 Å². The summed E-state index contributed by atoms with van der Waals surface area (Å²) in [5.41, 5.74) is 1.19. The molecule has 3 rings (SSSR count). The normalized spacial score (nSPS) is 18.3. The predicted octanol–water partition coefficient (Wildman–Crippen LogP) is 2.00. The Balaban J connectivity index is 1.64. The monoisotopic (exact) mass is 376 g/mol. The van der Waals surface area contributed by atoms with Crippen LogP contribution in [0.25, 0.3) is 0 Å². The number of ether oxygens (including phenoxy) is 1. The van der Waals surface area contributed by atoms with Crippen molar-refractivity contribution in [2.45, 2.75) is 19.4 Å². The van der Waals surface area contributed by atoms with Gasteiger partial charge in [0.25, 0.3) is 0 Å². The van der Waals surface area contributed by atoms with Gasteiger partial charge in [0.2, 0.25) is 5.95 Å². The molecule has 2 N–H and O–H groups in total. The highest BCUT2D eigenvalue weighted by molar-refractivity contribution is 7.91. The van der Waals surface area contributed by atoms with Gasteiger partial charge in [-0.05, 0) is 43.7 Å². The fraction of sp³-hybridized carbons (Fsp3) is 0.353. The Morgan fingerprint density at radius 1 is 1.27 bits per heavy atom. The largest absolute Gasteiger partial charge is 0.462 e. The Morgan fingerprint density at radius 3 is 2.69 bits per heavy atom. The molecule has 0 aliphatic carbocycles. The molecule has 0 spiro atoms. The molecule has 0 saturated carbocycles. The smallest absolute Gasteiger partial charge is 0.338 e. The molecule has 1 unspecified atom stereocenters. The lowest BCUT2D eigenvalue weighted by Gasteiger charge is -2.12. The summed E-state index contributed by atoms with van der Waals surface area (Å²) in [5.74, 6) is 0.892. The molecule has 1 fully saturated rings. The molecule has 0 radical (unpaired) electrons. The molecule has 1 aliphatic rings. The summed E-state index contributed by atoms with van der Waals surface area (Å²) in [6.07, 6.45) is 2.17. The highest BCUT2D eigenvalue weighted by atomic mass is 32.2. The number of aromatic nitrogens is 2. The van der Waals surface area contributed by atoms with Crippen LogP contribution in [0.4, 0.5) is 17.5 Å². The number of rotatable bonds is 6. The molecule has 1 saturated heterocycles. The average molecular weight is 376 g/mol. The third-order valence-electron chi connectivity index (χ3n) is 3.89. The molecular weight excluding hydrogens is 356 g/mol. The number of anilines is 3. The molecule has 26 heavy (non-hydrogen) atoms. The number of sulfone groups is 1. The number of carbonyl (C=O) groups is 1. The Labute approximate surface area is 151 Å². The van der Waals surface area contributed by atoms with E-state index < -0.39 is 9.84 Å². The van der Waals surface area contributed by atoms with Crippen molar-refractivity contribution < 1.29 is 17.9 Å². The van der Waals surface area contributed by atoms with E-state index in [-0.39, 0.29) is 23.5 Å². The minimum Gasteiger partial charge on any atom is -0.462 e. The number of nitrogens with one attached hydrogen (secondary N) is 2. The van der Waals surface area contributed by atoms with Crippen LogP contribution in [0, 0.1) is 0 Å². The molecule has 2 heterocycles. The summed E-state index contributed by atoms with van der Waals surface area (Å²) in [6.45, 7) is 2.09. The van der Waals surface area contributed by atoms with Crippen molar-refractivity contribution >= 4 is 33.3 Å². The Hall–Kier alpha value is -2.68. The molecule has 0 bridgehead atoms. The van der Waals surface area contributed by atoms with Gasteiger partial charge in [0.05, 0.1) is 23.7 Å². The van der Waals surface area contributed by atoms with Crippen molar-refractivity contribution in [2.75, 3.05) is 28.7 Å². The van der Waals surface area contributed by atoms with Crippen LogP contribution in [0.5, 0.6) is 0 Å². The van der Waals surface area contributed by atoms with Crippen molar-refractivity contribution in [3.63, 3.8) is 0 Å². The molecule has 2 aromatic rings. The summed E-state index contributed by atoms with van der Waals surface area (Å²) in [6, 6.07) is 8.35. The van der Waals surface area contributed by atoms with Crippen LogP contribution < -0.4 is 10.6 Å². The van der Waals surface area contributed by atoms with E-state index in [1.165, 1.54) is 0 Å². The summed E-state index contributed by atoms with van der Waals surface area (Å²) < 4.78 is 28.0. The molecule has 1 aromatic heterocycles. The van der Waals surface area contributed by atoms with Crippen LogP contribution in [0.3, 0.4) is 0 Å². The second-order valence-electron chi connectivity index (χ2n) is 5.93. The van der Waals surface area contributed by atoms with Crippen molar-refractivity contribution in [2.24, 2.45) is 0 Å². The molecule has 1 aliphatic heterocycles. The van der Waals surface area contributed by atoms with E-state index >= 15 is 0 Å². The topological polar surface area (TPSA) is 110 Å². The SMILES string of the molecule is CCOC(=O)c1ccc(Nc2nccc(NC3CCS(=O)(=O)C3)n2)cc1. The number of nitrogens with zero attached hydrogens (tertiary/aromatic N) is 2. The molecule has 0 amide bonds. The third-order valence-corrected chi connectivity index (χ3v) is 5.66. The summed E-state index contributed by atoms with van der Waals surface area (Å²) in [4.78, 5) is 20.2. The lowest BCUT2D eigenvalue weighted by atomic mass is 10.2.